The van der Waals surface area contributed by atoms with Crippen molar-refractivity contribution in [3.05, 3.63) is 35.4 Å². The Bertz CT molecular complexity index is 464. The van der Waals surface area contributed by atoms with Crippen LogP contribution in [0, 0.1) is 0 Å². The highest BCUT2D eigenvalue weighted by atomic mass is 35.5. The van der Waals surface area contributed by atoms with Crippen molar-refractivity contribution in [3.8, 4) is 0 Å². The Labute approximate surface area is 132 Å². The third-order valence-corrected chi connectivity index (χ3v) is 4.64. The molecular weight excluding hydrogens is 284 g/mol. The second-order valence-electron chi connectivity index (χ2n) is 6.05. The summed E-state index contributed by atoms with van der Waals surface area (Å²) in [5.41, 5.74) is 2.72. The maximum absolute atomic E-state index is 11.6. The monoisotopic (exact) mass is 308 g/mol. The fourth-order valence-electron chi connectivity index (χ4n) is 2.81. The lowest BCUT2D eigenvalue weighted by Crippen LogP contribution is -2.49. The molecule has 0 aromatic heterocycles. The van der Waals surface area contributed by atoms with E-state index in [-0.39, 0.29) is 11.8 Å². The molecule has 1 fully saturated rings. The van der Waals surface area contributed by atoms with Crippen LogP contribution in [0.4, 0.5) is 0 Å². The van der Waals surface area contributed by atoms with Gasteiger partial charge in [-0.05, 0) is 24.0 Å². The number of benzene rings is 1. The Balaban J connectivity index is 1.95. The van der Waals surface area contributed by atoms with Gasteiger partial charge in [0.2, 0.25) is 5.91 Å². The number of rotatable bonds is 4. The van der Waals surface area contributed by atoms with Gasteiger partial charge in [0.1, 0.15) is 5.88 Å². The zero-order chi connectivity index (χ0) is 15.4. The summed E-state index contributed by atoms with van der Waals surface area (Å²) in [6.45, 7) is 10.0. The Hall–Kier alpha value is -1.06. The van der Waals surface area contributed by atoms with Crippen LogP contribution in [0.3, 0.4) is 0 Å². The minimum Gasteiger partial charge on any atom is -0.339 e. The van der Waals surface area contributed by atoms with Crippen molar-refractivity contribution in [2.45, 2.75) is 32.7 Å². The smallest absolute Gasteiger partial charge is 0.237 e. The van der Waals surface area contributed by atoms with Gasteiger partial charge >= 0.3 is 0 Å². The number of hydrogen-bond donors (Lipinski definition) is 0. The first-order valence-corrected chi connectivity index (χ1v) is 8.24. The van der Waals surface area contributed by atoms with E-state index in [4.69, 9.17) is 11.6 Å². The number of amides is 1. The van der Waals surface area contributed by atoms with E-state index in [1.54, 1.807) is 0 Å². The molecule has 4 heteroatoms. The van der Waals surface area contributed by atoms with E-state index in [2.05, 4.69) is 49.9 Å². The van der Waals surface area contributed by atoms with E-state index < -0.39 is 0 Å². The summed E-state index contributed by atoms with van der Waals surface area (Å²) >= 11 is 5.62. The predicted octanol–water partition coefficient (Wildman–Crippen LogP) is 3.25. The topological polar surface area (TPSA) is 23.6 Å². The van der Waals surface area contributed by atoms with Gasteiger partial charge in [0, 0.05) is 32.2 Å². The van der Waals surface area contributed by atoms with E-state index in [1.165, 1.54) is 11.1 Å². The highest BCUT2D eigenvalue weighted by Gasteiger charge is 2.24. The average Bonchev–Trinajstić information content (AvgIpc) is 2.53. The summed E-state index contributed by atoms with van der Waals surface area (Å²) in [5.74, 6) is 0.705. The van der Waals surface area contributed by atoms with Crippen LogP contribution >= 0.6 is 11.6 Å². The van der Waals surface area contributed by atoms with E-state index in [9.17, 15) is 4.79 Å². The quantitative estimate of drug-likeness (QED) is 0.797. The standard InChI is InChI=1S/C17H25ClN2O/c1-13(2)15-4-6-16(7-5-15)14(3)19-8-10-20(11-9-19)17(21)12-18/h4-7,13-14H,8-12H2,1-3H3/t14-/m0/s1. The summed E-state index contributed by atoms with van der Waals surface area (Å²) < 4.78 is 0. The molecule has 0 N–H and O–H groups in total. The van der Waals surface area contributed by atoms with Crippen LogP contribution in [0.25, 0.3) is 0 Å². The number of halogens is 1. The maximum atomic E-state index is 11.6. The molecular formula is C17H25ClN2O. The molecule has 0 unspecified atom stereocenters. The largest absolute Gasteiger partial charge is 0.339 e. The Kier molecular flexibility index (Phi) is 5.65. The first-order valence-electron chi connectivity index (χ1n) is 7.70. The lowest BCUT2D eigenvalue weighted by atomic mass is 9.99. The molecule has 3 nitrogen and oxygen atoms in total. The molecule has 1 aromatic carbocycles. The molecule has 1 aliphatic rings. The van der Waals surface area contributed by atoms with Crippen molar-refractivity contribution < 1.29 is 4.79 Å². The van der Waals surface area contributed by atoms with Crippen LogP contribution in [0.15, 0.2) is 24.3 Å². The van der Waals surface area contributed by atoms with Crippen molar-refractivity contribution >= 4 is 17.5 Å². The first-order chi connectivity index (χ1) is 10.0. The van der Waals surface area contributed by atoms with Crippen molar-refractivity contribution in [2.75, 3.05) is 32.1 Å². The van der Waals surface area contributed by atoms with Gasteiger partial charge in [0.05, 0.1) is 0 Å². The molecule has 2 rings (SSSR count). The normalized spacial score (nSPS) is 18.0. The maximum Gasteiger partial charge on any atom is 0.237 e. The zero-order valence-electron chi connectivity index (χ0n) is 13.2. The molecule has 0 spiro atoms. The van der Waals surface area contributed by atoms with Crippen LogP contribution in [0.5, 0.6) is 0 Å². The zero-order valence-corrected chi connectivity index (χ0v) is 13.9. The van der Waals surface area contributed by atoms with Crippen LogP contribution in [-0.2, 0) is 4.79 Å². The van der Waals surface area contributed by atoms with Gasteiger partial charge in [0.25, 0.3) is 0 Å². The number of nitrogens with zero attached hydrogens (tertiary/aromatic N) is 2. The third-order valence-electron chi connectivity index (χ3n) is 4.41. The highest BCUT2D eigenvalue weighted by Crippen LogP contribution is 2.24. The van der Waals surface area contributed by atoms with Crippen LogP contribution in [0.1, 0.15) is 43.9 Å². The van der Waals surface area contributed by atoms with Crippen LogP contribution in [0.2, 0.25) is 0 Å². The van der Waals surface area contributed by atoms with Crippen LogP contribution in [-0.4, -0.2) is 47.8 Å². The van der Waals surface area contributed by atoms with Gasteiger partial charge in [-0.3, -0.25) is 9.69 Å². The lowest BCUT2D eigenvalue weighted by molar-refractivity contribution is -0.130. The summed E-state index contributed by atoms with van der Waals surface area (Å²) in [6.07, 6.45) is 0. The minimum absolute atomic E-state index is 0.0465. The number of piperazine rings is 1. The van der Waals surface area contributed by atoms with Crippen molar-refractivity contribution in [3.63, 3.8) is 0 Å². The molecule has 0 saturated carbocycles. The van der Waals surface area contributed by atoms with E-state index in [0.717, 1.165) is 26.2 Å². The van der Waals surface area contributed by atoms with E-state index in [1.807, 2.05) is 4.90 Å². The Morgan fingerprint density at radius 1 is 1.05 bits per heavy atom. The molecule has 1 amide bonds. The molecule has 0 radical (unpaired) electrons. The fourth-order valence-corrected chi connectivity index (χ4v) is 2.98. The summed E-state index contributed by atoms with van der Waals surface area (Å²) in [4.78, 5) is 15.9. The fraction of sp³-hybridized carbons (Fsp3) is 0.588. The molecule has 1 aliphatic heterocycles. The Morgan fingerprint density at radius 2 is 1.57 bits per heavy atom. The molecule has 1 heterocycles. The summed E-state index contributed by atoms with van der Waals surface area (Å²) in [6, 6.07) is 9.31. The molecule has 1 atom stereocenters. The highest BCUT2D eigenvalue weighted by molar-refractivity contribution is 6.27. The van der Waals surface area contributed by atoms with Gasteiger partial charge in [0.15, 0.2) is 0 Å². The van der Waals surface area contributed by atoms with Crippen molar-refractivity contribution in [1.82, 2.24) is 9.80 Å². The molecule has 0 bridgehead atoms. The second-order valence-corrected chi connectivity index (χ2v) is 6.31. The van der Waals surface area contributed by atoms with Crippen LogP contribution < -0.4 is 0 Å². The number of carbonyl (C=O) groups is 1. The van der Waals surface area contributed by atoms with Gasteiger partial charge in [-0.25, -0.2) is 0 Å². The number of alkyl halides is 1. The second kappa shape index (κ2) is 7.28. The number of carbonyl (C=O) groups excluding carboxylic acids is 1. The average molecular weight is 309 g/mol. The van der Waals surface area contributed by atoms with E-state index in [0.29, 0.717) is 12.0 Å². The molecule has 1 saturated heterocycles. The van der Waals surface area contributed by atoms with Gasteiger partial charge in [-0.2, -0.15) is 0 Å². The minimum atomic E-state index is 0.0465. The van der Waals surface area contributed by atoms with E-state index >= 15 is 0 Å². The summed E-state index contributed by atoms with van der Waals surface area (Å²) in [5, 5.41) is 0. The van der Waals surface area contributed by atoms with Gasteiger partial charge in [-0.15, -0.1) is 11.6 Å². The number of hydrogen-bond acceptors (Lipinski definition) is 2. The molecule has 21 heavy (non-hydrogen) atoms. The third kappa shape index (κ3) is 3.98. The lowest BCUT2D eigenvalue weighted by Gasteiger charge is -2.38. The summed E-state index contributed by atoms with van der Waals surface area (Å²) in [7, 11) is 0. The molecule has 1 aromatic rings. The van der Waals surface area contributed by atoms with Crippen molar-refractivity contribution in [2.24, 2.45) is 0 Å². The Morgan fingerprint density at radius 3 is 2.05 bits per heavy atom. The van der Waals surface area contributed by atoms with Gasteiger partial charge in [-0.1, -0.05) is 38.1 Å². The SMILES string of the molecule is CC(C)c1ccc([C@H](C)N2CCN(C(=O)CCl)CC2)cc1. The molecule has 116 valence electrons. The molecule has 0 aliphatic carbocycles. The predicted molar refractivity (Wildman–Crippen MR) is 87.8 cm³/mol. The first kappa shape index (κ1) is 16.3. The van der Waals surface area contributed by atoms with Gasteiger partial charge < -0.3 is 4.90 Å². The van der Waals surface area contributed by atoms with Crippen molar-refractivity contribution in [1.29, 1.82) is 0 Å².